The summed E-state index contributed by atoms with van der Waals surface area (Å²) in [4.78, 5) is 27.0. The lowest BCUT2D eigenvalue weighted by atomic mass is 10.3. The molecule has 0 atom stereocenters. The summed E-state index contributed by atoms with van der Waals surface area (Å²) >= 11 is 0. The molecule has 26 heavy (non-hydrogen) atoms. The van der Waals surface area contributed by atoms with E-state index in [0.717, 1.165) is 4.57 Å². The molecule has 0 saturated carbocycles. The molecule has 0 bridgehead atoms. The highest BCUT2D eigenvalue weighted by Gasteiger charge is 2.34. The SMILES string of the molecule is N#Cc1ccc(NC(=O)c2cc(C(F)(F)F)nc(-n3ccnc3)n2)cn1. The zero-order chi connectivity index (χ0) is 18.7. The first-order valence-electron chi connectivity index (χ1n) is 6.99. The lowest BCUT2D eigenvalue weighted by Gasteiger charge is -2.11. The molecule has 1 amide bonds. The molecule has 0 aliphatic heterocycles. The predicted octanol–water partition coefficient (Wildman–Crippen LogP) is 2.20. The van der Waals surface area contributed by atoms with Crippen LogP contribution in [0.4, 0.5) is 18.9 Å². The first-order chi connectivity index (χ1) is 12.4. The highest BCUT2D eigenvalue weighted by Crippen LogP contribution is 2.28. The fourth-order valence-corrected chi connectivity index (χ4v) is 1.92. The van der Waals surface area contributed by atoms with Crippen molar-refractivity contribution in [1.29, 1.82) is 5.26 Å². The maximum atomic E-state index is 13.1. The minimum absolute atomic E-state index is 0.131. The first kappa shape index (κ1) is 17.0. The molecule has 3 rings (SSSR count). The third kappa shape index (κ3) is 3.64. The zero-order valence-corrected chi connectivity index (χ0v) is 12.8. The van der Waals surface area contributed by atoms with Crippen LogP contribution in [0.2, 0.25) is 0 Å². The number of nitrogens with one attached hydrogen (secondary N) is 1. The molecule has 11 heteroatoms. The third-order valence-corrected chi connectivity index (χ3v) is 3.11. The Morgan fingerprint density at radius 2 is 2.08 bits per heavy atom. The average molecular weight is 359 g/mol. The fourth-order valence-electron chi connectivity index (χ4n) is 1.92. The van der Waals surface area contributed by atoms with Crippen LogP contribution in [0.25, 0.3) is 5.95 Å². The van der Waals surface area contributed by atoms with Crippen LogP contribution in [0.15, 0.2) is 43.1 Å². The second-order valence-electron chi connectivity index (χ2n) is 4.90. The van der Waals surface area contributed by atoms with Crippen LogP contribution in [0.5, 0.6) is 0 Å². The van der Waals surface area contributed by atoms with Gasteiger partial charge in [-0.3, -0.25) is 9.36 Å². The van der Waals surface area contributed by atoms with E-state index in [1.807, 2.05) is 6.07 Å². The minimum atomic E-state index is -4.76. The van der Waals surface area contributed by atoms with Gasteiger partial charge in [-0.15, -0.1) is 0 Å². The predicted molar refractivity (Wildman–Crippen MR) is 81.1 cm³/mol. The van der Waals surface area contributed by atoms with Crippen molar-refractivity contribution in [2.45, 2.75) is 6.18 Å². The Bertz CT molecular complexity index is 976. The van der Waals surface area contributed by atoms with E-state index in [1.54, 1.807) is 0 Å². The van der Waals surface area contributed by atoms with Crippen LogP contribution in [0, 0.1) is 11.3 Å². The van der Waals surface area contributed by atoms with Gasteiger partial charge in [0.05, 0.1) is 11.9 Å². The number of nitrogens with zero attached hydrogens (tertiary/aromatic N) is 6. The molecule has 0 aliphatic carbocycles. The zero-order valence-electron chi connectivity index (χ0n) is 12.8. The van der Waals surface area contributed by atoms with Gasteiger partial charge in [0.2, 0.25) is 5.95 Å². The largest absolute Gasteiger partial charge is 0.433 e. The number of alkyl halides is 3. The fraction of sp³-hybridized carbons (Fsp3) is 0.0667. The lowest BCUT2D eigenvalue weighted by molar-refractivity contribution is -0.141. The number of amides is 1. The van der Waals surface area contributed by atoms with Gasteiger partial charge in [-0.2, -0.15) is 18.4 Å². The van der Waals surface area contributed by atoms with Crippen molar-refractivity contribution in [1.82, 2.24) is 24.5 Å². The van der Waals surface area contributed by atoms with Gasteiger partial charge in [-0.25, -0.2) is 19.9 Å². The number of anilines is 1. The van der Waals surface area contributed by atoms with E-state index in [-0.39, 0.29) is 17.3 Å². The van der Waals surface area contributed by atoms with Crippen LogP contribution < -0.4 is 5.32 Å². The molecular formula is C15H8F3N7O. The Morgan fingerprint density at radius 1 is 1.27 bits per heavy atom. The number of hydrogen-bond donors (Lipinski definition) is 1. The number of aromatic nitrogens is 5. The van der Waals surface area contributed by atoms with Crippen LogP contribution >= 0.6 is 0 Å². The van der Waals surface area contributed by atoms with Gasteiger partial charge >= 0.3 is 6.18 Å². The van der Waals surface area contributed by atoms with Crippen molar-refractivity contribution in [3.05, 3.63) is 60.2 Å². The Hall–Kier alpha value is -3.81. The highest BCUT2D eigenvalue weighted by molar-refractivity contribution is 6.02. The van der Waals surface area contributed by atoms with Gasteiger partial charge in [-0.05, 0) is 12.1 Å². The van der Waals surface area contributed by atoms with Crippen molar-refractivity contribution in [3.8, 4) is 12.0 Å². The Labute approximate surface area is 144 Å². The summed E-state index contributed by atoms with van der Waals surface area (Å²) in [6.07, 6.45) is 0.345. The van der Waals surface area contributed by atoms with Gasteiger partial charge in [0, 0.05) is 18.5 Å². The minimum Gasteiger partial charge on any atom is -0.319 e. The maximum absolute atomic E-state index is 13.1. The summed E-state index contributed by atoms with van der Waals surface area (Å²) < 4.78 is 40.4. The summed E-state index contributed by atoms with van der Waals surface area (Å²) in [5.41, 5.74) is -1.42. The summed E-state index contributed by atoms with van der Waals surface area (Å²) in [7, 11) is 0. The number of pyridine rings is 1. The van der Waals surface area contributed by atoms with Gasteiger partial charge in [0.25, 0.3) is 5.91 Å². The maximum Gasteiger partial charge on any atom is 0.433 e. The molecule has 3 aromatic heterocycles. The van der Waals surface area contributed by atoms with Crippen LogP contribution in [-0.2, 0) is 6.18 Å². The number of imidazole rings is 1. The van der Waals surface area contributed by atoms with E-state index in [1.165, 1.54) is 37.1 Å². The van der Waals surface area contributed by atoms with Crippen LogP contribution in [0.1, 0.15) is 21.9 Å². The molecule has 0 aliphatic rings. The molecule has 0 unspecified atom stereocenters. The molecule has 3 aromatic rings. The summed E-state index contributed by atoms with van der Waals surface area (Å²) in [6.45, 7) is 0. The molecule has 0 radical (unpaired) electrons. The van der Waals surface area contributed by atoms with Crippen molar-refractivity contribution in [3.63, 3.8) is 0 Å². The molecule has 3 heterocycles. The van der Waals surface area contributed by atoms with E-state index in [9.17, 15) is 18.0 Å². The molecule has 0 fully saturated rings. The molecule has 0 spiro atoms. The summed E-state index contributed by atoms with van der Waals surface area (Å²) in [5.74, 6) is -1.23. The average Bonchev–Trinajstić information content (AvgIpc) is 3.16. The Kier molecular flexibility index (Phi) is 4.32. The smallest absolute Gasteiger partial charge is 0.319 e. The van der Waals surface area contributed by atoms with Gasteiger partial charge < -0.3 is 5.32 Å². The number of rotatable bonds is 3. The van der Waals surface area contributed by atoms with Gasteiger partial charge in [-0.1, -0.05) is 0 Å². The molecule has 0 saturated heterocycles. The van der Waals surface area contributed by atoms with Gasteiger partial charge in [0.15, 0.2) is 5.69 Å². The number of nitriles is 1. The van der Waals surface area contributed by atoms with Crippen molar-refractivity contribution >= 4 is 11.6 Å². The number of carbonyl (C=O) groups is 1. The standard InChI is InChI=1S/C15H8F3N7O/c16-15(17,18)12-5-11(23-14(24-12)25-4-3-20-8-25)13(26)22-10-2-1-9(6-19)21-7-10/h1-5,7-8H,(H,22,26). The van der Waals surface area contributed by atoms with E-state index in [4.69, 9.17) is 5.26 Å². The van der Waals surface area contributed by atoms with Crippen LogP contribution in [0.3, 0.4) is 0 Å². The van der Waals surface area contributed by atoms with E-state index in [0.29, 0.717) is 6.07 Å². The van der Waals surface area contributed by atoms with Crippen LogP contribution in [-0.4, -0.2) is 30.4 Å². The topological polar surface area (TPSA) is 109 Å². The Balaban J connectivity index is 1.96. The number of hydrogen-bond acceptors (Lipinski definition) is 6. The third-order valence-electron chi connectivity index (χ3n) is 3.11. The van der Waals surface area contributed by atoms with Crippen molar-refractivity contribution < 1.29 is 18.0 Å². The highest BCUT2D eigenvalue weighted by atomic mass is 19.4. The molecule has 0 aromatic carbocycles. The molecule has 1 N–H and O–H groups in total. The van der Waals surface area contributed by atoms with Crippen molar-refractivity contribution in [2.24, 2.45) is 0 Å². The van der Waals surface area contributed by atoms with Crippen molar-refractivity contribution in [2.75, 3.05) is 5.32 Å². The van der Waals surface area contributed by atoms with E-state index in [2.05, 4.69) is 25.3 Å². The number of halogens is 3. The second-order valence-corrected chi connectivity index (χ2v) is 4.90. The van der Waals surface area contributed by atoms with E-state index < -0.39 is 23.5 Å². The molecular weight excluding hydrogens is 351 g/mol. The monoisotopic (exact) mass is 359 g/mol. The molecule has 8 nitrogen and oxygen atoms in total. The summed E-state index contributed by atoms with van der Waals surface area (Å²) in [5, 5.41) is 11.1. The normalized spacial score (nSPS) is 11.0. The number of carbonyl (C=O) groups excluding carboxylic acids is 1. The lowest BCUT2D eigenvalue weighted by Crippen LogP contribution is -2.19. The van der Waals surface area contributed by atoms with Gasteiger partial charge in [0.1, 0.15) is 23.8 Å². The molecule has 130 valence electrons. The second kappa shape index (κ2) is 6.60. The summed E-state index contributed by atoms with van der Waals surface area (Å²) in [6, 6.07) is 5.11. The van der Waals surface area contributed by atoms with E-state index >= 15 is 0 Å². The quantitative estimate of drug-likeness (QED) is 0.768. The Morgan fingerprint density at radius 3 is 2.65 bits per heavy atom. The first-order valence-corrected chi connectivity index (χ1v) is 6.99.